The van der Waals surface area contributed by atoms with Gasteiger partial charge in [0.15, 0.2) is 7.85 Å². The van der Waals surface area contributed by atoms with Crippen LogP contribution in [0.2, 0.25) is 0 Å². The van der Waals surface area contributed by atoms with Crippen LogP contribution in [0.5, 0.6) is 0 Å². The lowest BCUT2D eigenvalue weighted by Gasteiger charge is -1.96. The highest BCUT2D eigenvalue weighted by Crippen LogP contribution is 1.91. The molecule has 0 radical (unpaired) electrons. The number of allylic oxidation sites excluding steroid dienone is 1. The van der Waals surface area contributed by atoms with Crippen LogP contribution in [0.25, 0.3) is 0 Å². The summed E-state index contributed by atoms with van der Waals surface area (Å²) in [4.78, 5) is 4.16. The van der Waals surface area contributed by atoms with E-state index in [1.54, 1.807) is 0 Å². The van der Waals surface area contributed by atoms with Crippen LogP contribution in [0, 0.1) is 0 Å². The maximum atomic E-state index is 4.16. The number of hydrogen-bond donors (Lipinski definition) is 0. The molecule has 1 rings (SSSR count). The second kappa shape index (κ2) is 1.96. The summed E-state index contributed by atoms with van der Waals surface area (Å²) in [5, 5.41) is 0. The molecule has 0 saturated heterocycles. The first-order chi connectivity index (χ1) is 3.39. The summed E-state index contributed by atoms with van der Waals surface area (Å²) in [6.07, 6.45) is 5.34. The normalized spacial score (nSPS) is 19.1. The third-order valence-electron chi connectivity index (χ3n) is 1.02. The number of dihydropyridines is 1. The number of rotatable bonds is 0. The van der Waals surface area contributed by atoms with Crippen molar-refractivity contribution in [1.82, 2.24) is 0 Å². The van der Waals surface area contributed by atoms with Gasteiger partial charge in [0.2, 0.25) is 0 Å². The molecular formula is C5H8BN. The fourth-order valence-electron chi connectivity index (χ4n) is 0.622. The van der Waals surface area contributed by atoms with E-state index in [0.717, 1.165) is 18.6 Å². The van der Waals surface area contributed by atoms with Crippen molar-refractivity contribution in [2.24, 2.45) is 4.99 Å². The summed E-state index contributed by atoms with van der Waals surface area (Å²) < 4.78 is 0. The van der Waals surface area contributed by atoms with Crippen molar-refractivity contribution in [2.45, 2.75) is 6.42 Å². The zero-order chi connectivity index (χ0) is 5.11. The molecule has 0 aromatic heterocycles. The number of nitrogens with zero attached hydrogens (tertiary/aromatic N) is 1. The summed E-state index contributed by atoms with van der Waals surface area (Å²) in [5.41, 5.74) is 1.16. The van der Waals surface area contributed by atoms with Gasteiger partial charge in [-0.2, -0.15) is 0 Å². The first-order valence-corrected chi connectivity index (χ1v) is 2.57. The lowest BCUT2D eigenvalue weighted by Crippen LogP contribution is -1.97. The number of hydrogen-bond acceptors (Lipinski definition) is 1. The van der Waals surface area contributed by atoms with Crippen molar-refractivity contribution in [3.05, 3.63) is 12.2 Å². The average molecular weight is 92.9 g/mol. The van der Waals surface area contributed by atoms with Crippen LogP contribution in [0.1, 0.15) is 6.42 Å². The van der Waals surface area contributed by atoms with Crippen LogP contribution in [0.4, 0.5) is 0 Å². The maximum absolute atomic E-state index is 4.16. The van der Waals surface area contributed by atoms with E-state index in [9.17, 15) is 0 Å². The van der Waals surface area contributed by atoms with Crippen LogP contribution in [0.15, 0.2) is 17.1 Å². The number of aliphatic imine (C=N–C) groups is 1. The van der Waals surface area contributed by atoms with E-state index in [1.165, 1.54) is 0 Å². The van der Waals surface area contributed by atoms with Crippen LogP contribution >= 0.6 is 0 Å². The van der Waals surface area contributed by atoms with Gasteiger partial charge in [0.05, 0.1) is 0 Å². The van der Waals surface area contributed by atoms with Gasteiger partial charge in [0, 0.05) is 6.54 Å². The molecule has 0 aromatic rings. The lowest BCUT2D eigenvalue weighted by atomic mass is 9.99. The molecule has 0 amide bonds. The highest BCUT2D eigenvalue weighted by molar-refractivity contribution is 6.63. The molecule has 36 valence electrons. The SMILES string of the molecule is BC1=NCCC=C1. The first-order valence-electron chi connectivity index (χ1n) is 2.57. The highest BCUT2D eigenvalue weighted by atomic mass is 14.7. The zero-order valence-corrected chi connectivity index (χ0v) is 4.52. The van der Waals surface area contributed by atoms with Gasteiger partial charge in [0.25, 0.3) is 0 Å². The molecule has 0 bridgehead atoms. The largest absolute Gasteiger partial charge is 0.300 e. The molecule has 0 unspecified atom stereocenters. The van der Waals surface area contributed by atoms with Crippen molar-refractivity contribution in [2.75, 3.05) is 6.54 Å². The Hall–Kier alpha value is -0.525. The van der Waals surface area contributed by atoms with Crippen LogP contribution in [-0.2, 0) is 0 Å². The fraction of sp³-hybridized carbons (Fsp3) is 0.400. The van der Waals surface area contributed by atoms with E-state index in [-0.39, 0.29) is 0 Å². The van der Waals surface area contributed by atoms with E-state index in [0.29, 0.717) is 0 Å². The molecule has 0 aromatic carbocycles. The summed E-state index contributed by atoms with van der Waals surface area (Å²) >= 11 is 0. The molecule has 0 atom stereocenters. The fourth-order valence-corrected chi connectivity index (χ4v) is 0.622. The van der Waals surface area contributed by atoms with E-state index in [4.69, 9.17) is 0 Å². The maximum Gasteiger partial charge on any atom is 0.163 e. The lowest BCUT2D eigenvalue weighted by molar-refractivity contribution is 0.999. The molecule has 0 spiro atoms. The third kappa shape index (κ3) is 1.18. The van der Waals surface area contributed by atoms with Crippen molar-refractivity contribution in [1.29, 1.82) is 0 Å². The second-order valence-electron chi connectivity index (χ2n) is 1.71. The second-order valence-corrected chi connectivity index (χ2v) is 1.71. The first kappa shape index (κ1) is 4.63. The minimum absolute atomic E-state index is 0.988. The van der Waals surface area contributed by atoms with E-state index >= 15 is 0 Å². The molecule has 1 aliphatic rings. The minimum atomic E-state index is 0.988. The Labute approximate surface area is 44.6 Å². The van der Waals surface area contributed by atoms with E-state index in [1.807, 2.05) is 7.85 Å². The van der Waals surface area contributed by atoms with Gasteiger partial charge in [-0.15, -0.1) is 0 Å². The van der Waals surface area contributed by atoms with Crippen molar-refractivity contribution in [3.63, 3.8) is 0 Å². The molecule has 1 heterocycles. The van der Waals surface area contributed by atoms with Crippen molar-refractivity contribution in [3.8, 4) is 0 Å². The Kier molecular flexibility index (Phi) is 1.30. The molecule has 1 nitrogen and oxygen atoms in total. The highest BCUT2D eigenvalue weighted by Gasteiger charge is 1.87. The molecule has 0 saturated carbocycles. The summed E-state index contributed by atoms with van der Waals surface area (Å²) in [6.45, 7) is 0.988. The summed E-state index contributed by atoms with van der Waals surface area (Å²) in [6, 6.07) is 0. The summed E-state index contributed by atoms with van der Waals surface area (Å²) in [5.74, 6) is 0. The average Bonchev–Trinajstić information content (AvgIpc) is 1.69. The Morgan fingerprint density at radius 2 is 2.57 bits per heavy atom. The molecule has 0 N–H and O–H groups in total. The Balaban J connectivity index is 2.58. The van der Waals surface area contributed by atoms with Gasteiger partial charge in [0.1, 0.15) is 0 Å². The summed E-state index contributed by atoms with van der Waals surface area (Å²) in [7, 11) is 2.02. The Bertz CT molecular complexity index is 115. The van der Waals surface area contributed by atoms with Gasteiger partial charge in [-0.3, -0.25) is 0 Å². The Morgan fingerprint density at radius 1 is 1.71 bits per heavy atom. The van der Waals surface area contributed by atoms with Gasteiger partial charge in [-0.1, -0.05) is 12.2 Å². The molecular weight excluding hydrogens is 84.9 g/mol. The monoisotopic (exact) mass is 93.1 g/mol. The van der Waals surface area contributed by atoms with Gasteiger partial charge in [-0.05, 0) is 12.0 Å². The molecule has 2 heteroatoms. The van der Waals surface area contributed by atoms with Crippen LogP contribution in [0.3, 0.4) is 0 Å². The molecule has 0 aliphatic carbocycles. The van der Waals surface area contributed by atoms with E-state index in [2.05, 4.69) is 17.1 Å². The molecule has 0 fully saturated rings. The molecule has 7 heavy (non-hydrogen) atoms. The smallest absolute Gasteiger partial charge is 0.163 e. The van der Waals surface area contributed by atoms with Crippen molar-refractivity contribution >= 4 is 13.5 Å². The third-order valence-corrected chi connectivity index (χ3v) is 1.02. The van der Waals surface area contributed by atoms with Crippen LogP contribution in [-0.4, -0.2) is 20.0 Å². The van der Waals surface area contributed by atoms with Gasteiger partial charge in [-0.25, -0.2) is 0 Å². The molecule has 1 aliphatic heterocycles. The van der Waals surface area contributed by atoms with Crippen molar-refractivity contribution < 1.29 is 0 Å². The standard InChI is InChI=1S/C5H8BN/c6-5-3-1-2-4-7-5/h1,3H,2,4,6H2. The quantitative estimate of drug-likeness (QED) is 0.373. The topological polar surface area (TPSA) is 12.4 Å². The van der Waals surface area contributed by atoms with Gasteiger partial charge < -0.3 is 4.99 Å². The predicted molar refractivity (Wildman–Crippen MR) is 34.6 cm³/mol. The zero-order valence-electron chi connectivity index (χ0n) is 4.52. The van der Waals surface area contributed by atoms with Gasteiger partial charge >= 0.3 is 0 Å². The van der Waals surface area contributed by atoms with E-state index < -0.39 is 0 Å². The predicted octanol–water partition coefficient (Wildman–Crippen LogP) is -0.0221. The Morgan fingerprint density at radius 3 is 2.86 bits per heavy atom. The minimum Gasteiger partial charge on any atom is -0.300 e. The van der Waals surface area contributed by atoms with Crippen LogP contribution < -0.4 is 0 Å².